The highest BCUT2D eigenvalue weighted by molar-refractivity contribution is 7.15. The van der Waals surface area contributed by atoms with Crippen molar-refractivity contribution >= 4 is 28.2 Å². The third-order valence-electron chi connectivity index (χ3n) is 3.11. The lowest BCUT2D eigenvalue weighted by Gasteiger charge is -2.04. The Bertz CT molecular complexity index is 934. The van der Waals surface area contributed by atoms with Crippen LogP contribution in [0.3, 0.4) is 0 Å². The summed E-state index contributed by atoms with van der Waals surface area (Å²) in [5.41, 5.74) is -1.77. The second-order valence-corrected chi connectivity index (χ2v) is 5.63. The predicted octanol–water partition coefficient (Wildman–Crippen LogP) is 4.59. The van der Waals surface area contributed by atoms with E-state index < -0.39 is 29.3 Å². The fourth-order valence-electron chi connectivity index (χ4n) is 2.12. The smallest absolute Gasteiger partial charge is 0.290 e. The molecule has 0 spiro atoms. The number of fused-ring (bicyclic) bond motifs is 1. The number of carbonyl (C=O) groups excluding carboxylic acids is 1. The number of carbonyl (C=O) groups is 1. The SMILES string of the molecule is O=C(/C=C/c1c(C(F)(F)F)nc2sccn12)c1cc(F)cc(F)c1. The van der Waals surface area contributed by atoms with Crippen molar-refractivity contribution in [2.45, 2.75) is 6.18 Å². The number of imidazole rings is 1. The van der Waals surface area contributed by atoms with E-state index in [2.05, 4.69) is 4.98 Å². The lowest BCUT2D eigenvalue weighted by atomic mass is 10.1. The van der Waals surface area contributed by atoms with Crippen LogP contribution in [0.15, 0.2) is 35.9 Å². The van der Waals surface area contributed by atoms with Gasteiger partial charge in [-0.2, -0.15) is 13.2 Å². The molecule has 9 heteroatoms. The van der Waals surface area contributed by atoms with Gasteiger partial charge in [0.05, 0.1) is 5.69 Å². The maximum absolute atomic E-state index is 13.1. The molecule has 0 aliphatic carbocycles. The van der Waals surface area contributed by atoms with Crippen LogP contribution >= 0.6 is 11.3 Å². The van der Waals surface area contributed by atoms with E-state index in [1.807, 2.05) is 0 Å². The van der Waals surface area contributed by atoms with Crippen molar-refractivity contribution in [3.63, 3.8) is 0 Å². The van der Waals surface area contributed by atoms with Gasteiger partial charge in [0, 0.05) is 23.2 Å². The van der Waals surface area contributed by atoms with Crippen molar-refractivity contribution in [1.82, 2.24) is 9.38 Å². The van der Waals surface area contributed by atoms with Crippen molar-refractivity contribution in [1.29, 1.82) is 0 Å². The number of hydrogen-bond donors (Lipinski definition) is 0. The van der Waals surface area contributed by atoms with Crippen LogP contribution in [0.1, 0.15) is 21.7 Å². The quantitative estimate of drug-likeness (QED) is 0.390. The fraction of sp³-hybridized carbons (Fsp3) is 0.0667. The van der Waals surface area contributed by atoms with E-state index in [0.29, 0.717) is 6.07 Å². The minimum absolute atomic E-state index is 0.117. The van der Waals surface area contributed by atoms with Gasteiger partial charge in [-0.15, -0.1) is 11.3 Å². The first kappa shape index (κ1) is 16.3. The molecule has 1 aromatic carbocycles. The lowest BCUT2D eigenvalue weighted by Crippen LogP contribution is -2.08. The number of alkyl halides is 3. The number of thiazole rings is 1. The van der Waals surface area contributed by atoms with Crippen LogP contribution < -0.4 is 0 Å². The highest BCUT2D eigenvalue weighted by atomic mass is 32.1. The number of benzene rings is 1. The Hall–Kier alpha value is -2.55. The summed E-state index contributed by atoms with van der Waals surface area (Å²) in [5, 5.41) is 1.55. The normalized spacial score (nSPS) is 12.4. The Balaban J connectivity index is 2.01. The third-order valence-corrected chi connectivity index (χ3v) is 3.86. The Morgan fingerprint density at radius 3 is 2.46 bits per heavy atom. The molecule has 0 saturated carbocycles. The van der Waals surface area contributed by atoms with E-state index in [0.717, 1.165) is 35.6 Å². The maximum Gasteiger partial charge on any atom is 0.435 e. The van der Waals surface area contributed by atoms with Gasteiger partial charge in [0.1, 0.15) is 11.6 Å². The Morgan fingerprint density at radius 1 is 1.17 bits per heavy atom. The molecule has 0 bridgehead atoms. The zero-order valence-corrected chi connectivity index (χ0v) is 12.5. The molecule has 124 valence electrons. The van der Waals surface area contributed by atoms with Gasteiger partial charge in [0.2, 0.25) is 0 Å². The van der Waals surface area contributed by atoms with Gasteiger partial charge in [-0.25, -0.2) is 13.8 Å². The molecule has 0 atom stereocenters. The second-order valence-electron chi connectivity index (χ2n) is 4.75. The van der Waals surface area contributed by atoms with Crippen molar-refractivity contribution in [3.05, 3.63) is 64.4 Å². The Kier molecular flexibility index (Phi) is 3.96. The first-order valence-electron chi connectivity index (χ1n) is 6.47. The molecule has 0 fully saturated rings. The number of aromatic nitrogens is 2. The summed E-state index contributed by atoms with van der Waals surface area (Å²) in [6.07, 6.45) is -1.56. The zero-order chi connectivity index (χ0) is 17.5. The second kappa shape index (κ2) is 5.82. The summed E-state index contributed by atoms with van der Waals surface area (Å²) >= 11 is 1.01. The van der Waals surface area contributed by atoms with E-state index in [1.54, 1.807) is 5.38 Å². The monoisotopic (exact) mass is 358 g/mol. The van der Waals surface area contributed by atoms with Crippen molar-refractivity contribution in [3.8, 4) is 0 Å². The lowest BCUT2D eigenvalue weighted by molar-refractivity contribution is -0.140. The van der Waals surface area contributed by atoms with E-state index in [-0.39, 0.29) is 16.2 Å². The van der Waals surface area contributed by atoms with Gasteiger partial charge >= 0.3 is 6.18 Å². The number of nitrogens with zero attached hydrogens (tertiary/aromatic N) is 2. The molecule has 0 aliphatic rings. The number of hydrogen-bond acceptors (Lipinski definition) is 3. The average Bonchev–Trinajstić information content (AvgIpc) is 3.04. The highest BCUT2D eigenvalue weighted by Gasteiger charge is 2.37. The molecule has 3 rings (SSSR count). The molecule has 3 nitrogen and oxygen atoms in total. The molecule has 0 radical (unpaired) electrons. The largest absolute Gasteiger partial charge is 0.435 e. The Labute approximate surface area is 135 Å². The van der Waals surface area contributed by atoms with E-state index in [1.165, 1.54) is 10.6 Å². The van der Waals surface area contributed by atoms with Gasteiger partial charge in [0.25, 0.3) is 0 Å². The fourth-order valence-corrected chi connectivity index (χ4v) is 2.84. The first-order valence-corrected chi connectivity index (χ1v) is 7.35. The van der Waals surface area contributed by atoms with Crippen LogP contribution in [-0.4, -0.2) is 15.2 Å². The van der Waals surface area contributed by atoms with Crippen LogP contribution in [0.5, 0.6) is 0 Å². The van der Waals surface area contributed by atoms with Gasteiger partial charge in [-0.3, -0.25) is 9.20 Å². The van der Waals surface area contributed by atoms with Gasteiger partial charge in [0.15, 0.2) is 16.4 Å². The molecule has 0 unspecified atom stereocenters. The number of allylic oxidation sites excluding steroid dienone is 1. The predicted molar refractivity (Wildman–Crippen MR) is 77.8 cm³/mol. The van der Waals surface area contributed by atoms with Crippen LogP contribution in [0.4, 0.5) is 22.0 Å². The van der Waals surface area contributed by atoms with Crippen LogP contribution in [-0.2, 0) is 6.18 Å². The summed E-state index contributed by atoms with van der Waals surface area (Å²) in [6, 6.07) is 2.20. The molecule has 24 heavy (non-hydrogen) atoms. The molecule has 0 aliphatic heterocycles. The molecule has 2 aromatic heterocycles. The summed E-state index contributed by atoms with van der Waals surface area (Å²) in [6.45, 7) is 0. The van der Waals surface area contributed by atoms with E-state index >= 15 is 0 Å². The minimum Gasteiger partial charge on any atom is -0.290 e. The van der Waals surface area contributed by atoms with Gasteiger partial charge < -0.3 is 0 Å². The molecule has 0 saturated heterocycles. The van der Waals surface area contributed by atoms with E-state index in [4.69, 9.17) is 0 Å². The van der Waals surface area contributed by atoms with Crippen molar-refractivity contribution in [2.24, 2.45) is 0 Å². The topological polar surface area (TPSA) is 34.4 Å². The number of ketones is 1. The minimum atomic E-state index is -4.70. The zero-order valence-electron chi connectivity index (χ0n) is 11.6. The maximum atomic E-state index is 13.1. The standard InChI is InChI=1S/C15H7F5N2OS/c16-9-5-8(6-10(17)7-9)12(23)2-1-11-13(15(18,19)20)21-14-22(11)3-4-24-14/h1-7H/b2-1+. The van der Waals surface area contributed by atoms with Crippen LogP contribution in [0.2, 0.25) is 0 Å². The summed E-state index contributed by atoms with van der Waals surface area (Å²) in [5.74, 6) is -2.73. The van der Waals surface area contributed by atoms with Gasteiger partial charge in [-0.05, 0) is 24.3 Å². The number of rotatable bonds is 3. The molecule has 0 amide bonds. The van der Waals surface area contributed by atoms with E-state index in [9.17, 15) is 26.7 Å². The summed E-state index contributed by atoms with van der Waals surface area (Å²) in [4.78, 5) is 15.6. The first-order chi connectivity index (χ1) is 11.3. The number of halogens is 5. The molecule has 2 heterocycles. The molecular weight excluding hydrogens is 351 g/mol. The molecule has 3 aromatic rings. The Morgan fingerprint density at radius 2 is 1.83 bits per heavy atom. The molecule has 0 N–H and O–H groups in total. The van der Waals surface area contributed by atoms with Crippen LogP contribution in [0.25, 0.3) is 11.0 Å². The molecular formula is C15H7F5N2OS. The van der Waals surface area contributed by atoms with Crippen LogP contribution in [0, 0.1) is 11.6 Å². The highest BCUT2D eigenvalue weighted by Crippen LogP contribution is 2.33. The summed E-state index contributed by atoms with van der Waals surface area (Å²) < 4.78 is 66.5. The third kappa shape index (κ3) is 3.07. The average molecular weight is 358 g/mol. The van der Waals surface area contributed by atoms with Crippen molar-refractivity contribution in [2.75, 3.05) is 0 Å². The van der Waals surface area contributed by atoms with Crippen molar-refractivity contribution < 1.29 is 26.7 Å². The summed E-state index contributed by atoms with van der Waals surface area (Å²) in [7, 11) is 0. The van der Waals surface area contributed by atoms with Gasteiger partial charge in [-0.1, -0.05) is 0 Å².